The van der Waals surface area contributed by atoms with Crippen molar-refractivity contribution in [2.24, 2.45) is 0 Å². The molecule has 0 aliphatic heterocycles. The second-order valence-electron chi connectivity index (χ2n) is 6.29. The van der Waals surface area contributed by atoms with Crippen molar-refractivity contribution >= 4 is 11.6 Å². The number of methoxy groups -OCH3 is 1. The van der Waals surface area contributed by atoms with Crippen molar-refractivity contribution in [2.75, 3.05) is 32.6 Å². The van der Waals surface area contributed by atoms with Gasteiger partial charge in [0.05, 0.1) is 19.3 Å². The van der Waals surface area contributed by atoms with E-state index in [-0.39, 0.29) is 12.5 Å². The lowest BCUT2D eigenvalue weighted by atomic mass is 10.1. The number of para-hydroxylation sites is 1. The third-order valence-corrected chi connectivity index (χ3v) is 4.16. The molecule has 0 atom stereocenters. The molecule has 0 fully saturated rings. The summed E-state index contributed by atoms with van der Waals surface area (Å²) in [4.78, 5) is 14.3. The maximum Gasteiger partial charge on any atom is 0.270 e. The zero-order valence-corrected chi connectivity index (χ0v) is 16.1. The third kappa shape index (κ3) is 4.51. The van der Waals surface area contributed by atoms with Crippen molar-refractivity contribution in [3.63, 3.8) is 0 Å². The normalized spacial score (nSPS) is 9.96. The summed E-state index contributed by atoms with van der Waals surface area (Å²) in [6.07, 6.45) is 0. The summed E-state index contributed by atoms with van der Waals surface area (Å²) < 4.78 is 5.34. The van der Waals surface area contributed by atoms with Crippen LogP contribution >= 0.6 is 0 Å². The van der Waals surface area contributed by atoms with E-state index < -0.39 is 0 Å². The predicted molar refractivity (Wildman–Crippen MR) is 111 cm³/mol. The maximum absolute atomic E-state index is 12.3. The van der Waals surface area contributed by atoms with Gasteiger partial charge in [-0.1, -0.05) is 24.0 Å². The summed E-state index contributed by atoms with van der Waals surface area (Å²) in [5.74, 6) is 6.44. The minimum Gasteiger partial charge on any atom is -0.496 e. The molecule has 1 amide bonds. The van der Waals surface area contributed by atoms with Crippen molar-refractivity contribution < 1.29 is 9.53 Å². The van der Waals surface area contributed by atoms with Crippen LogP contribution in [0.3, 0.4) is 0 Å². The molecule has 0 radical (unpaired) electrons. The van der Waals surface area contributed by atoms with Crippen molar-refractivity contribution in [3.8, 4) is 28.8 Å². The van der Waals surface area contributed by atoms with E-state index in [0.29, 0.717) is 17.1 Å². The number of hydrogen-bond acceptors (Lipinski definition) is 4. The van der Waals surface area contributed by atoms with E-state index in [1.54, 1.807) is 13.2 Å². The summed E-state index contributed by atoms with van der Waals surface area (Å²) in [7, 11) is 5.59. The number of carbonyl (C=O) groups is 1. The number of H-pyrrole nitrogens is 1. The van der Waals surface area contributed by atoms with Gasteiger partial charge in [0.1, 0.15) is 11.4 Å². The Labute approximate surface area is 164 Å². The molecule has 2 N–H and O–H groups in total. The standard InChI is InChI=1S/C22H22N4O2/c1-26(2)17-12-10-16(11-13-17)7-6-14-23-22(27)20-15-19(24-25-20)18-8-4-5-9-21(18)28-3/h4-5,8-13,15H,14H2,1-3H3,(H,23,27)(H,24,25). The zero-order valence-electron chi connectivity index (χ0n) is 16.1. The number of carbonyl (C=O) groups excluding carboxylic acids is 1. The third-order valence-electron chi connectivity index (χ3n) is 4.16. The van der Waals surface area contributed by atoms with Gasteiger partial charge in [-0.2, -0.15) is 5.10 Å². The summed E-state index contributed by atoms with van der Waals surface area (Å²) in [6, 6.07) is 17.1. The topological polar surface area (TPSA) is 70.2 Å². The number of aromatic amines is 1. The number of ether oxygens (including phenoxy) is 1. The average Bonchev–Trinajstić information content (AvgIpc) is 3.21. The number of hydrogen-bond donors (Lipinski definition) is 2. The highest BCUT2D eigenvalue weighted by Crippen LogP contribution is 2.28. The number of aromatic nitrogens is 2. The molecule has 0 aliphatic rings. The summed E-state index contributed by atoms with van der Waals surface area (Å²) in [6.45, 7) is 0.247. The van der Waals surface area contributed by atoms with Gasteiger partial charge in [-0.3, -0.25) is 9.89 Å². The van der Waals surface area contributed by atoms with Crippen molar-refractivity contribution in [2.45, 2.75) is 0 Å². The van der Waals surface area contributed by atoms with Gasteiger partial charge in [0.2, 0.25) is 0 Å². The van der Waals surface area contributed by atoms with Crippen LogP contribution in [0.15, 0.2) is 54.6 Å². The molecule has 0 aliphatic carbocycles. The van der Waals surface area contributed by atoms with Crippen molar-refractivity contribution in [3.05, 3.63) is 65.9 Å². The SMILES string of the molecule is COc1ccccc1-c1cc(C(=O)NCC#Cc2ccc(N(C)C)cc2)[nH]n1. The van der Waals surface area contributed by atoms with Crippen molar-refractivity contribution in [1.29, 1.82) is 0 Å². The molecule has 0 unspecified atom stereocenters. The Balaban J connectivity index is 1.60. The molecule has 3 rings (SSSR count). The lowest BCUT2D eigenvalue weighted by Crippen LogP contribution is -2.23. The van der Waals surface area contributed by atoms with Gasteiger partial charge in [0.25, 0.3) is 5.91 Å². The lowest BCUT2D eigenvalue weighted by molar-refractivity contribution is 0.0953. The first-order valence-electron chi connectivity index (χ1n) is 8.81. The fraction of sp³-hybridized carbons (Fsp3) is 0.182. The van der Waals surface area contributed by atoms with E-state index in [0.717, 1.165) is 16.8 Å². The van der Waals surface area contributed by atoms with Gasteiger partial charge in [0.15, 0.2) is 0 Å². The molecule has 0 bridgehead atoms. The number of anilines is 1. The molecule has 28 heavy (non-hydrogen) atoms. The number of rotatable bonds is 5. The van der Waals surface area contributed by atoms with E-state index in [1.165, 1.54) is 0 Å². The second kappa shape index (κ2) is 8.78. The Morgan fingerprint density at radius 2 is 1.93 bits per heavy atom. The molecular formula is C22H22N4O2. The maximum atomic E-state index is 12.3. The summed E-state index contributed by atoms with van der Waals surface area (Å²) in [5.41, 5.74) is 3.86. The van der Waals surface area contributed by atoms with Crippen LogP contribution in [0.2, 0.25) is 0 Å². The second-order valence-corrected chi connectivity index (χ2v) is 6.29. The monoisotopic (exact) mass is 374 g/mol. The highest BCUT2D eigenvalue weighted by molar-refractivity contribution is 5.93. The first-order valence-corrected chi connectivity index (χ1v) is 8.81. The van der Waals surface area contributed by atoms with Crippen molar-refractivity contribution in [1.82, 2.24) is 15.5 Å². The van der Waals surface area contributed by atoms with Gasteiger partial charge < -0.3 is 15.0 Å². The van der Waals surface area contributed by atoms with Crippen LogP contribution in [0.4, 0.5) is 5.69 Å². The van der Waals surface area contributed by atoms with E-state index in [2.05, 4.69) is 27.4 Å². The number of nitrogens with one attached hydrogen (secondary N) is 2. The van der Waals surface area contributed by atoms with Crippen LogP contribution < -0.4 is 15.0 Å². The Bertz CT molecular complexity index is 1010. The minimum absolute atomic E-state index is 0.247. The summed E-state index contributed by atoms with van der Waals surface area (Å²) in [5, 5.41) is 9.74. The van der Waals surface area contributed by atoms with Gasteiger partial charge in [-0.25, -0.2) is 0 Å². The fourth-order valence-corrected chi connectivity index (χ4v) is 2.64. The quantitative estimate of drug-likeness (QED) is 0.674. The van der Waals surface area contributed by atoms with Gasteiger partial charge in [0, 0.05) is 30.9 Å². The summed E-state index contributed by atoms with van der Waals surface area (Å²) >= 11 is 0. The molecule has 1 aromatic heterocycles. The Morgan fingerprint density at radius 1 is 1.18 bits per heavy atom. The first kappa shape index (κ1) is 19.1. The highest BCUT2D eigenvalue weighted by Gasteiger charge is 2.12. The number of nitrogens with zero attached hydrogens (tertiary/aromatic N) is 2. The Morgan fingerprint density at radius 3 is 2.64 bits per heavy atom. The van der Waals surface area contributed by atoms with E-state index in [1.807, 2.05) is 67.5 Å². The van der Waals surface area contributed by atoms with Crippen LogP contribution in [0.25, 0.3) is 11.3 Å². The lowest BCUT2D eigenvalue weighted by Gasteiger charge is -2.11. The van der Waals surface area contributed by atoms with E-state index in [9.17, 15) is 4.79 Å². The number of amides is 1. The molecule has 1 heterocycles. The van der Waals surface area contributed by atoms with Gasteiger partial charge >= 0.3 is 0 Å². The number of benzene rings is 2. The van der Waals surface area contributed by atoms with Gasteiger partial charge in [-0.05, 0) is 42.5 Å². The molecule has 6 heteroatoms. The molecule has 0 spiro atoms. The molecule has 142 valence electrons. The van der Waals surface area contributed by atoms with E-state index >= 15 is 0 Å². The minimum atomic E-state index is -0.258. The predicted octanol–water partition coefficient (Wildman–Crippen LogP) is 2.93. The molecule has 2 aromatic carbocycles. The Kier molecular flexibility index (Phi) is 5.97. The van der Waals surface area contributed by atoms with Crippen LogP contribution in [-0.2, 0) is 0 Å². The van der Waals surface area contributed by atoms with Crippen LogP contribution in [0.1, 0.15) is 16.1 Å². The molecule has 6 nitrogen and oxygen atoms in total. The van der Waals surface area contributed by atoms with Crippen LogP contribution in [0.5, 0.6) is 5.75 Å². The smallest absolute Gasteiger partial charge is 0.270 e. The zero-order chi connectivity index (χ0) is 19.9. The molecular weight excluding hydrogens is 352 g/mol. The fourth-order valence-electron chi connectivity index (χ4n) is 2.64. The Hall–Kier alpha value is -3.72. The molecule has 0 saturated carbocycles. The molecule has 3 aromatic rings. The van der Waals surface area contributed by atoms with Crippen LogP contribution in [-0.4, -0.2) is 43.9 Å². The highest BCUT2D eigenvalue weighted by atomic mass is 16.5. The van der Waals surface area contributed by atoms with E-state index in [4.69, 9.17) is 4.74 Å². The van der Waals surface area contributed by atoms with Crippen LogP contribution in [0, 0.1) is 11.8 Å². The molecule has 0 saturated heterocycles. The first-order chi connectivity index (χ1) is 13.6. The largest absolute Gasteiger partial charge is 0.496 e. The van der Waals surface area contributed by atoms with Gasteiger partial charge in [-0.15, -0.1) is 0 Å². The average molecular weight is 374 g/mol.